The van der Waals surface area contributed by atoms with Crippen molar-refractivity contribution in [1.82, 2.24) is 0 Å². The maximum atomic E-state index is 8.86. The summed E-state index contributed by atoms with van der Waals surface area (Å²) >= 11 is 2.17. The second-order valence-electron chi connectivity index (χ2n) is 3.36. The second-order valence-corrected chi connectivity index (χ2v) is 4.52. The minimum Gasteiger partial charge on any atom is -0.493 e. The van der Waals surface area contributed by atoms with Crippen LogP contribution in [0, 0.1) is 3.57 Å². The number of aliphatic hydroxyl groups excluding tert-OH is 1. The minimum atomic E-state index is -0.182. The normalized spacial score (nSPS) is 12.3. The largest absolute Gasteiger partial charge is 0.493 e. The summed E-state index contributed by atoms with van der Waals surface area (Å²) in [5, 5.41) is 8.86. The fourth-order valence-corrected chi connectivity index (χ4v) is 2.30. The number of hydrogen-bond donors (Lipinski definition) is 2. The lowest BCUT2D eigenvalue weighted by atomic mass is 10.0. The molecule has 90 valence electrons. The molecular formula is C11H16INO3. The zero-order valence-corrected chi connectivity index (χ0v) is 11.5. The molecule has 0 aliphatic carbocycles. The monoisotopic (exact) mass is 337 g/mol. The Hall–Kier alpha value is -0.530. The smallest absolute Gasteiger partial charge is 0.174 e. The van der Waals surface area contributed by atoms with Gasteiger partial charge in [0.1, 0.15) is 0 Å². The Balaban J connectivity index is 3.09. The summed E-state index contributed by atoms with van der Waals surface area (Å²) in [5.74, 6) is 1.38. The van der Waals surface area contributed by atoms with Crippen molar-refractivity contribution in [2.45, 2.75) is 12.5 Å². The molecule has 0 aliphatic rings. The van der Waals surface area contributed by atoms with Gasteiger partial charge in [0.25, 0.3) is 0 Å². The molecule has 4 nitrogen and oxygen atoms in total. The van der Waals surface area contributed by atoms with Crippen LogP contribution in [0.3, 0.4) is 0 Å². The fourth-order valence-electron chi connectivity index (χ4n) is 1.46. The van der Waals surface area contributed by atoms with Gasteiger partial charge in [0.15, 0.2) is 11.5 Å². The molecule has 0 fully saturated rings. The van der Waals surface area contributed by atoms with Crippen molar-refractivity contribution < 1.29 is 14.6 Å². The molecule has 0 saturated carbocycles. The van der Waals surface area contributed by atoms with Gasteiger partial charge < -0.3 is 20.3 Å². The summed E-state index contributed by atoms with van der Waals surface area (Å²) in [4.78, 5) is 0. The molecule has 0 radical (unpaired) electrons. The summed E-state index contributed by atoms with van der Waals surface area (Å²) in [6.07, 6.45) is 0.533. The predicted molar refractivity (Wildman–Crippen MR) is 70.9 cm³/mol. The molecular weight excluding hydrogens is 321 g/mol. The fraction of sp³-hybridized carbons (Fsp3) is 0.455. The van der Waals surface area contributed by atoms with Crippen LogP contribution >= 0.6 is 22.6 Å². The summed E-state index contributed by atoms with van der Waals surface area (Å²) in [7, 11) is 3.20. The van der Waals surface area contributed by atoms with E-state index in [2.05, 4.69) is 22.6 Å². The lowest BCUT2D eigenvalue weighted by Crippen LogP contribution is -2.12. The molecule has 0 aliphatic heterocycles. The van der Waals surface area contributed by atoms with Gasteiger partial charge in [0.05, 0.1) is 17.8 Å². The average molecular weight is 337 g/mol. The third-order valence-electron chi connectivity index (χ3n) is 2.32. The van der Waals surface area contributed by atoms with Gasteiger partial charge in [0.2, 0.25) is 0 Å². The van der Waals surface area contributed by atoms with E-state index in [1.807, 2.05) is 12.1 Å². The van der Waals surface area contributed by atoms with Gasteiger partial charge in [-0.15, -0.1) is 0 Å². The topological polar surface area (TPSA) is 64.7 Å². The molecule has 1 rings (SSSR count). The van der Waals surface area contributed by atoms with Crippen molar-refractivity contribution in [2.24, 2.45) is 5.73 Å². The van der Waals surface area contributed by atoms with Crippen LogP contribution in [0.25, 0.3) is 0 Å². The van der Waals surface area contributed by atoms with Crippen molar-refractivity contribution in [3.8, 4) is 11.5 Å². The standard InChI is InChI=1S/C11H16INO3/c1-15-10-6-7(9(13)3-4-14)5-8(12)11(10)16-2/h5-6,9,14H,3-4,13H2,1-2H3. The molecule has 1 atom stereocenters. The molecule has 16 heavy (non-hydrogen) atoms. The Bertz CT molecular complexity index is 357. The number of hydrogen-bond acceptors (Lipinski definition) is 4. The van der Waals surface area contributed by atoms with Crippen LogP contribution < -0.4 is 15.2 Å². The van der Waals surface area contributed by atoms with Crippen molar-refractivity contribution in [3.05, 3.63) is 21.3 Å². The van der Waals surface area contributed by atoms with Gasteiger partial charge in [-0.1, -0.05) is 0 Å². The van der Waals surface area contributed by atoms with Gasteiger partial charge >= 0.3 is 0 Å². The van der Waals surface area contributed by atoms with Crippen molar-refractivity contribution in [2.75, 3.05) is 20.8 Å². The van der Waals surface area contributed by atoms with E-state index in [4.69, 9.17) is 20.3 Å². The summed E-state index contributed by atoms with van der Waals surface area (Å²) in [5.41, 5.74) is 6.87. The third-order valence-corrected chi connectivity index (χ3v) is 3.13. The van der Waals surface area contributed by atoms with Crippen LogP contribution in [0.15, 0.2) is 12.1 Å². The quantitative estimate of drug-likeness (QED) is 0.803. The maximum absolute atomic E-state index is 8.86. The van der Waals surface area contributed by atoms with Crippen molar-refractivity contribution in [3.63, 3.8) is 0 Å². The molecule has 0 saturated heterocycles. The maximum Gasteiger partial charge on any atom is 0.174 e. The molecule has 0 spiro atoms. The van der Waals surface area contributed by atoms with Gasteiger partial charge in [-0.25, -0.2) is 0 Å². The number of halogens is 1. The minimum absolute atomic E-state index is 0.0755. The van der Waals surface area contributed by atoms with E-state index in [-0.39, 0.29) is 12.6 Å². The number of benzene rings is 1. The third kappa shape index (κ3) is 2.99. The van der Waals surface area contributed by atoms with E-state index in [1.54, 1.807) is 14.2 Å². The van der Waals surface area contributed by atoms with Crippen LogP contribution in [0.4, 0.5) is 0 Å². The predicted octanol–water partition coefficient (Wildman–Crippen LogP) is 1.69. The number of rotatable bonds is 5. The number of methoxy groups -OCH3 is 2. The summed E-state index contributed by atoms with van der Waals surface area (Å²) in [6, 6.07) is 3.61. The van der Waals surface area contributed by atoms with Crippen LogP contribution in [-0.4, -0.2) is 25.9 Å². The first-order valence-corrected chi connectivity index (χ1v) is 5.99. The highest BCUT2D eigenvalue weighted by Gasteiger charge is 2.14. The number of nitrogens with two attached hydrogens (primary N) is 1. The molecule has 0 bridgehead atoms. The number of ether oxygens (including phenoxy) is 2. The van der Waals surface area contributed by atoms with Crippen LogP contribution in [0.5, 0.6) is 11.5 Å². The van der Waals surface area contributed by atoms with E-state index in [0.29, 0.717) is 17.9 Å². The van der Waals surface area contributed by atoms with Crippen LogP contribution in [0.2, 0.25) is 0 Å². The van der Waals surface area contributed by atoms with E-state index in [0.717, 1.165) is 9.13 Å². The molecule has 1 unspecified atom stereocenters. The molecule has 1 aromatic rings. The van der Waals surface area contributed by atoms with E-state index >= 15 is 0 Å². The second kappa shape index (κ2) is 6.27. The first-order valence-electron chi connectivity index (χ1n) is 4.91. The highest BCUT2D eigenvalue weighted by molar-refractivity contribution is 14.1. The molecule has 0 aromatic heterocycles. The Morgan fingerprint density at radius 1 is 1.38 bits per heavy atom. The van der Waals surface area contributed by atoms with Gasteiger partial charge in [0, 0.05) is 12.6 Å². The SMILES string of the molecule is COc1cc(C(N)CCO)cc(I)c1OC. The van der Waals surface area contributed by atoms with Crippen molar-refractivity contribution in [1.29, 1.82) is 0 Å². The van der Waals surface area contributed by atoms with Crippen LogP contribution in [-0.2, 0) is 0 Å². The number of aliphatic hydroxyl groups is 1. The molecule has 0 amide bonds. The Kier molecular flexibility index (Phi) is 5.30. The lowest BCUT2D eigenvalue weighted by molar-refractivity contribution is 0.276. The Morgan fingerprint density at radius 2 is 2.06 bits per heavy atom. The molecule has 1 aromatic carbocycles. The first-order chi connectivity index (χ1) is 7.63. The van der Waals surface area contributed by atoms with E-state index in [9.17, 15) is 0 Å². The highest BCUT2D eigenvalue weighted by Crippen LogP contribution is 2.35. The Morgan fingerprint density at radius 3 is 2.56 bits per heavy atom. The lowest BCUT2D eigenvalue weighted by Gasteiger charge is -2.15. The average Bonchev–Trinajstić information content (AvgIpc) is 2.28. The first kappa shape index (κ1) is 13.5. The van der Waals surface area contributed by atoms with Crippen molar-refractivity contribution >= 4 is 22.6 Å². The zero-order valence-electron chi connectivity index (χ0n) is 9.37. The summed E-state index contributed by atoms with van der Waals surface area (Å²) in [6.45, 7) is 0.0755. The van der Waals surface area contributed by atoms with Gasteiger partial charge in [-0.3, -0.25) is 0 Å². The molecule has 3 N–H and O–H groups in total. The van der Waals surface area contributed by atoms with E-state index in [1.165, 1.54) is 0 Å². The molecule has 5 heteroatoms. The summed E-state index contributed by atoms with van der Waals surface area (Å²) < 4.78 is 11.4. The van der Waals surface area contributed by atoms with Crippen LogP contribution in [0.1, 0.15) is 18.0 Å². The van der Waals surface area contributed by atoms with E-state index < -0.39 is 0 Å². The highest BCUT2D eigenvalue weighted by atomic mass is 127. The Labute approximate surface area is 109 Å². The zero-order chi connectivity index (χ0) is 12.1. The van der Waals surface area contributed by atoms with Gasteiger partial charge in [-0.05, 0) is 46.7 Å². The van der Waals surface area contributed by atoms with Gasteiger partial charge in [-0.2, -0.15) is 0 Å². The molecule has 0 heterocycles.